The highest BCUT2D eigenvalue weighted by molar-refractivity contribution is 5.86. The Morgan fingerprint density at radius 1 is 1.06 bits per heavy atom. The van der Waals surface area contributed by atoms with Crippen LogP contribution in [0.2, 0.25) is 0 Å². The number of benzene rings is 2. The van der Waals surface area contributed by atoms with E-state index in [1.807, 2.05) is 33.0 Å². The number of nitrogens with zero attached hydrogens (tertiary/aromatic N) is 4. The number of aromatic nitrogens is 2. The first-order valence-electron chi connectivity index (χ1n) is 16.7. The highest BCUT2D eigenvalue weighted by atomic mass is 35.5. The molecule has 1 aliphatic heterocycles. The van der Waals surface area contributed by atoms with Crippen LogP contribution >= 0.6 is 37.2 Å². The van der Waals surface area contributed by atoms with Crippen molar-refractivity contribution in [2.45, 2.75) is 83.3 Å². The van der Waals surface area contributed by atoms with Crippen molar-refractivity contribution in [1.82, 2.24) is 19.6 Å². The number of piperidine rings is 1. The first-order chi connectivity index (χ1) is 21.7. The summed E-state index contributed by atoms with van der Waals surface area (Å²) in [7, 11) is 1.96. The summed E-state index contributed by atoms with van der Waals surface area (Å²) >= 11 is 0. The van der Waals surface area contributed by atoms with Gasteiger partial charge in [0.15, 0.2) is 0 Å². The molecule has 48 heavy (non-hydrogen) atoms. The number of likely N-dealkylation sites (tertiary alicyclic amines) is 1. The Hall–Kier alpha value is -2.62. The highest BCUT2D eigenvalue weighted by Gasteiger charge is 2.42. The zero-order valence-electron chi connectivity index (χ0n) is 28.3. The fourth-order valence-electron chi connectivity index (χ4n) is 8.15. The van der Waals surface area contributed by atoms with Crippen LogP contribution in [0, 0.1) is 17.7 Å². The third kappa shape index (κ3) is 8.75. The maximum absolute atomic E-state index is 14.3. The molecule has 0 bridgehead atoms. The standard InChI is InChI=1S/C37H47FN4O3.3ClH/c1-5-42-34(21-31(39-42)17-25-9-10-27-13-16-45-35(27)18-25)26-11-14-41(15-12-26)23-29-20-32(40(4)36(24(2)3)37(43)44)22-33(29)28-7-6-8-30(38)19-28;;;/h6-10,13,16,18-19,21,24,26,29,32-33,36H,5,11-12,14-15,17,20,22-23H2,1-4H3,(H,43,44);3*1H/t29?,32?,33?,36-;;;/m1.../s1. The van der Waals surface area contributed by atoms with Crippen molar-refractivity contribution in [3.8, 4) is 0 Å². The molecular formula is C37H50Cl3FN4O3. The summed E-state index contributed by atoms with van der Waals surface area (Å²) in [6.07, 6.45) is 6.45. The molecule has 4 atom stereocenters. The molecule has 1 saturated carbocycles. The van der Waals surface area contributed by atoms with E-state index in [2.05, 4.69) is 45.7 Å². The van der Waals surface area contributed by atoms with Crippen molar-refractivity contribution in [3.05, 3.63) is 89.2 Å². The second-order valence-electron chi connectivity index (χ2n) is 13.7. The van der Waals surface area contributed by atoms with Gasteiger partial charge in [0, 0.05) is 42.6 Å². The Balaban J connectivity index is 0.00000208. The van der Waals surface area contributed by atoms with Gasteiger partial charge in [0.25, 0.3) is 0 Å². The Labute approximate surface area is 302 Å². The van der Waals surface area contributed by atoms with Gasteiger partial charge in [0.2, 0.25) is 0 Å². The minimum Gasteiger partial charge on any atom is -0.480 e. The Kier molecular flexibility index (Phi) is 14.4. The van der Waals surface area contributed by atoms with Crippen molar-refractivity contribution in [2.75, 3.05) is 26.7 Å². The fraction of sp³-hybridized carbons (Fsp3) is 0.514. The van der Waals surface area contributed by atoms with Gasteiger partial charge in [-0.25, -0.2) is 4.39 Å². The molecule has 11 heteroatoms. The first-order valence-corrected chi connectivity index (χ1v) is 16.7. The van der Waals surface area contributed by atoms with E-state index >= 15 is 0 Å². The van der Waals surface area contributed by atoms with Gasteiger partial charge < -0.3 is 14.4 Å². The summed E-state index contributed by atoms with van der Waals surface area (Å²) in [5.41, 5.74) is 5.58. The molecule has 0 amide bonds. The number of carboxylic acid groups (broad SMARTS) is 1. The Morgan fingerprint density at radius 2 is 1.81 bits per heavy atom. The lowest BCUT2D eigenvalue weighted by atomic mass is 9.87. The second-order valence-corrected chi connectivity index (χ2v) is 13.7. The normalized spacial score (nSPS) is 20.8. The van der Waals surface area contributed by atoms with E-state index in [1.54, 1.807) is 18.4 Å². The quantitative estimate of drug-likeness (QED) is 0.168. The number of likely N-dealkylation sites (N-methyl/N-ethyl adjacent to an activating group) is 1. The predicted molar refractivity (Wildman–Crippen MR) is 197 cm³/mol. The third-order valence-electron chi connectivity index (χ3n) is 10.4. The number of halogens is 4. The monoisotopic (exact) mass is 722 g/mol. The van der Waals surface area contributed by atoms with Crippen LogP contribution in [0.1, 0.15) is 80.8 Å². The number of hydrogen-bond acceptors (Lipinski definition) is 5. The van der Waals surface area contributed by atoms with Crippen LogP contribution < -0.4 is 0 Å². The minimum absolute atomic E-state index is 0. The molecule has 1 aliphatic carbocycles. The molecule has 3 unspecified atom stereocenters. The SMILES string of the molecule is CCn1nc(Cc2ccc3ccoc3c2)cc1C1CCN(CC2CC(N(C)[C@@H](C(=O)O)C(C)C)CC2c2cccc(F)c2)CC1.Cl.Cl.Cl. The number of carboxylic acids is 1. The van der Waals surface area contributed by atoms with Gasteiger partial charge in [-0.1, -0.05) is 38.1 Å². The zero-order valence-corrected chi connectivity index (χ0v) is 30.7. The van der Waals surface area contributed by atoms with Crippen LogP contribution in [0.4, 0.5) is 4.39 Å². The lowest BCUT2D eigenvalue weighted by Crippen LogP contribution is -2.47. The Morgan fingerprint density at radius 3 is 2.48 bits per heavy atom. The molecule has 2 fully saturated rings. The summed E-state index contributed by atoms with van der Waals surface area (Å²) in [5, 5.41) is 16.1. The lowest BCUT2D eigenvalue weighted by molar-refractivity contribution is -0.145. The Bertz CT molecular complexity index is 1620. The van der Waals surface area contributed by atoms with Gasteiger partial charge in [-0.15, -0.1) is 37.2 Å². The van der Waals surface area contributed by atoms with E-state index in [1.165, 1.54) is 17.3 Å². The fourth-order valence-corrected chi connectivity index (χ4v) is 8.15. The largest absolute Gasteiger partial charge is 0.480 e. The van der Waals surface area contributed by atoms with Crippen LogP contribution in [0.15, 0.2) is 65.3 Å². The van der Waals surface area contributed by atoms with Gasteiger partial charge in [0.05, 0.1) is 12.0 Å². The molecule has 2 aromatic heterocycles. The summed E-state index contributed by atoms with van der Waals surface area (Å²) in [5.74, 6) is 0.0544. The van der Waals surface area contributed by atoms with E-state index in [-0.39, 0.29) is 60.9 Å². The summed E-state index contributed by atoms with van der Waals surface area (Å²) in [6.45, 7) is 9.95. The zero-order chi connectivity index (χ0) is 31.7. The molecule has 7 nitrogen and oxygen atoms in total. The number of fused-ring (bicyclic) bond motifs is 1. The van der Waals surface area contributed by atoms with Crippen LogP contribution in [-0.4, -0.2) is 69.4 Å². The number of furan rings is 1. The van der Waals surface area contributed by atoms with E-state index in [4.69, 9.17) is 9.52 Å². The molecule has 4 aromatic rings. The number of aliphatic carboxylic acids is 1. The molecule has 3 heterocycles. The van der Waals surface area contributed by atoms with Crippen molar-refractivity contribution in [2.24, 2.45) is 11.8 Å². The maximum Gasteiger partial charge on any atom is 0.321 e. The van der Waals surface area contributed by atoms with Gasteiger partial charge in [-0.3, -0.25) is 14.4 Å². The minimum atomic E-state index is -0.770. The molecule has 2 aromatic carbocycles. The number of hydrogen-bond donors (Lipinski definition) is 1. The van der Waals surface area contributed by atoms with Crippen molar-refractivity contribution < 1.29 is 18.7 Å². The van der Waals surface area contributed by atoms with E-state index < -0.39 is 12.0 Å². The number of rotatable bonds is 11. The van der Waals surface area contributed by atoms with Crippen molar-refractivity contribution in [1.29, 1.82) is 0 Å². The van der Waals surface area contributed by atoms with E-state index in [0.29, 0.717) is 11.8 Å². The number of aryl methyl sites for hydroxylation is 1. The molecule has 1 N–H and O–H groups in total. The summed E-state index contributed by atoms with van der Waals surface area (Å²) < 4.78 is 22.1. The third-order valence-corrected chi connectivity index (χ3v) is 10.4. The topological polar surface area (TPSA) is 74.7 Å². The summed E-state index contributed by atoms with van der Waals surface area (Å²) in [6, 6.07) is 17.3. The maximum atomic E-state index is 14.3. The second kappa shape index (κ2) is 17.3. The summed E-state index contributed by atoms with van der Waals surface area (Å²) in [4.78, 5) is 16.8. The van der Waals surface area contributed by atoms with E-state index in [0.717, 1.165) is 80.5 Å². The molecule has 264 valence electrons. The average Bonchev–Trinajstić information content (AvgIpc) is 3.75. The van der Waals surface area contributed by atoms with Crippen molar-refractivity contribution in [3.63, 3.8) is 0 Å². The molecular weight excluding hydrogens is 674 g/mol. The van der Waals surface area contributed by atoms with Crippen LogP contribution in [0.5, 0.6) is 0 Å². The molecule has 1 saturated heterocycles. The van der Waals surface area contributed by atoms with E-state index in [9.17, 15) is 14.3 Å². The molecule has 0 spiro atoms. The molecule has 0 radical (unpaired) electrons. The molecule has 6 rings (SSSR count). The van der Waals surface area contributed by atoms with Crippen LogP contribution in [-0.2, 0) is 17.8 Å². The molecule has 2 aliphatic rings. The highest BCUT2D eigenvalue weighted by Crippen LogP contribution is 2.43. The van der Waals surface area contributed by atoms with Crippen LogP contribution in [0.25, 0.3) is 11.0 Å². The van der Waals surface area contributed by atoms with Gasteiger partial charge >= 0.3 is 5.97 Å². The smallest absolute Gasteiger partial charge is 0.321 e. The van der Waals surface area contributed by atoms with Gasteiger partial charge in [-0.2, -0.15) is 5.10 Å². The number of carbonyl (C=O) groups is 1. The average molecular weight is 724 g/mol. The lowest BCUT2D eigenvalue weighted by Gasteiger charge is -2.35. The van der Waals surface area contributed by atoms with Crippen LogP contribution in [0.3, 0.4) is 0 Å². The van der Waals surface area contributed by atoms with Gasteiger partial charge in [0.1, 0.15) is 17.4 Å². The van der Waals surface area contributed by atoms with Crippen molar-refractivity contribution >= 4 is 54.2 Å². The predicted octanol–water partition coefficient (Wildman–Crippen LogP) is 8.43. The van der Waals surface area contributed by atoms with Gasteiger partial charge in [-0.05, 0) is 112 Å². The first kappa shape index (κ1) is 39.8.